The van der Waals surface area contributed by atoms with Crippen LogP contribution < -0.4 is 5.32 Å². The van der Waals surface area contributed by atoms with Gasteiger partial charge in [0.25, 0.3) is 0 Å². The summed E-state index contributed by atoms with van der Waals surface area (Å²) in [6.45, 7) is 8.50. The predicted octanol–water partition coefficient (Wildman–Crippen LogP) is 4.47. The van der Waals surface area contributed by atoms with E-state index in [1.165, 1.54) is 63.7 Å². The minimum absolute atomic E-state index is 0.716. The van der Waals surface area contributed by atoms with Gasteiger partial charge >= 0.3 is 0 Å². The maximum absolute atomic E-state index is 6.33. The summed E-state index contributed by atoms with van der Waals surface area (Å²) in [5.41, 5.74) is 3.08. The Hall–Kier alpha value is -0.570. The number of nitrogens with zero attached hydrogens (tertiary/aromatic N) is 1. The van der Waals surface area contributed by atoms with Crippen LogP contribution in [0.5, 0.6) is 0 Å². The van der Waals surface area contributed by atoms with Crippen molar-refractivity contribution in [2.45, 2.75) is 51.4 Å². The average molecular weight is 335 g/mol. The summed E-state index contributed by atoms with van der Waals surface area (Å²) in [6.07, 6.45) is 7.73. The molecular formula is C20H31ClN2. The highest BCUT2D eigenvalue weighted by atomic mass is 35.5. The molecule has 2 aliphatic heterocycles. The van der Waals surface area contributed by atoms with E-state index in [2.05, 4.69) is 35.3 Å². The molecule has 0 saturated carbocycles. The van der Waals surface area contributed by atoms with E-state index in [-0.39, 0.29) is 0 Å². The van der Waals surface area contributed by atoms with Crippen molar-refractivity contribution >= 4 is 11.6 Å². The molecule has 2 saturated heterocycles. The molecular weight excluding hydrogens is 304 g/mol. The molecule has 0 aromatic heterocycles. The van der Waals surface area contributed by atoms with Crippen molar-refractivity contribution in [1.29, 1.82) is 0 Å². The summed E-state index contributed by atoms with van der Waals surface area (Å²) in [5, 5.41) is 4.38. The van der Waals surface area contributed by atoms with Gasteiger partial charge in [-0.1, -0.05) is 31.0 Å². The lowest BCUT2D eigenvalue weighted by atomic mass is 9.84. The first-order valence-corrected chi connectivity index (χ1v) is 9.85. The van der Waals surface area contributed by atoms with Gasteiger partial charge in [0.2, 0.25) is 0 Å². The van der Waals surface area contributed by atoms with Crippen LogP contribution in [-0.2, 0) is 6.42 Å². The zero-order valence-corrected chi connectivity index (χ0v) is 15.2. The minimum atomic E-state index is 0.716. The van der Waals surface area contributed by atoms with Crippen LogP contribution in [0.1, 0.15) is 56.1 Å². The number of likely N-dealkylation sites (tertiary alicyclic amines) is 1. The summed E-state index contributed by atoms with van der Waals surface area (Å²) in [6, 6.07) is 6.63. The number of rotatable bonds is 6. The molecule has 0 spiro atoms. The number of halogens is 1. The summed E-state index contributed by atoms with van der Waals surface area (Å²) < 4.78 is 0. The van der Waals surface area contributed by atoms with E-state index in [0.29, 0.717) is 5.92 Å². The lowest BCUT2D eigenvalue weighted by Crippen LogP contribution is -2.29. The summed E-state index contributed by atoms with van der Waals surface area (Å²) >= 11 is 6.33. The molecule has 1 atom stereocenters. The smallest absolute Gasteiger partial charge is 0.0408 e. The zero-order chi connectivity index (χ0) is 16.1. The van der Waals surface area contributed by atoms with Crippen LogP contribution in [0.2, 0.25) is 5.02 Å². The normalized spacial score (nSPS) is 21.7. The van der Waals surface area contributed by atoms with Gasteiger partial charge in [-0.2, -0.15) is 0 Å². The van der Waals surface area contributed by atoms with Gasteiger partial charge < -0.3 is 10.2 Å². The molecule has 0 bridgehead atoms. The van der Waals surface area contributed by atoms with Gasteiger partial charge in [0, 0.05) is 11.6 Å². The SMILES string of the molecule is CCC(Cc1cc(Cl)ccc1C1CCNCC1)CN1CCCC1. The van der Waals surface area contributed by atoms with Crippen LogP contribution in [0, 0.1) is 5.92 Å². The number of nitrogens with one attached hydrogen (secondary N) is 1. The molecule has 1 aromatic carbocycles. The van der Waals surface area contributed by atoms with Gasteiger partial charge in [0.1, 0.15) is 0 Å². The van der Waals surface area contributed by atoms with Gasteiger partial charge in [-0.05, 0) is 93.4 Å². The number of hydrogen-bond donors (Lipinski definition) is 1. The van der Waals surface area contributed by atoms with E-state index in [9.17, 15) is 0 Å². The Balaban J connectivity index is 1.72. The van der Waals surface area contributed by atoms with Crippen LogP contribution in [-0.4, -0.2) is 37.6 Å². The number of piperidine rings is 1. The van der Waals surface area contributed by atoms with Gasteiger partial charge in [-0.3, -0.25) is 0 Å². The van der Waals surface area contributed by atoms with Crippen molar-refractivity contribution in [3.05, 3.63) is 34.3 Å². The monoisotopic (exact) mass is 334 g/mol. The van der Waals surface area contributed by atoms with Gasteiger partial charge in [-0.15, -0.1) is 0 Å². The molecule has 0 aliphatic carbocycles. The second kappa shape index (κ2) is 8.50. The van der Waals surface area contributed by atoms with Crippen molar-refractivity contribution in [3.8, 4) is 0 Å². The number of hydrogen-bond acceptors (Lipinski definition) is 2. The molecule has 0 amide bonds. The lowest BCUT2D eigenvalue weighted by molar-refractivity contribution is 0.271. The summed E-state index contributed by atoms with van der Waals surface area (Å²) in [4.78, 5) is 2.66. The molecule has 3 heteroatoms. The molecule has 128 valence electrons. The fourth-order valence-corrected chi connectivity index (χ4v) is 4.46. The highest BCUT2D eigenvalue weighted by Gasteiger charge is 2.22. The first-order valence-electron chi connectivity index (χ1n) is 9.47. The standard InChI is InChI=1S/C20H31ClN2/c1-2-16(15-23-11-3-4-12-23)13-18-14-19(21)5-6-20(18)17-7-9-22-10-8-17/h5-6,14,16-17,22H,2-4,7-13,15H2,1H3. The molecule has 1 unspecified atom stereocenters. The predicted molar refractivity (Wildman–Crippen MR) is 99.5 cm³/mol. The third kappa shape index (κ3) is 4.71. The molecule has 2 fully saturated rings. The van der Waals surface area contributed by atoms with Crippen molar-refractivity contribution in [1.82, 2.24) is 10.2 Å². The average Bonchev–Trinajstić information content (AvgIpc) is 3.08. The van der Waals surface area contributed by atoms with E-state index in [4.69, 9.17) is 11.6 Å². The Bertz CT molecular complexity index is 490. The third-order valence-electron chi connectivity index (χ3n) is 5.69. The van der Waals surface area contributed by atoms with Crippen molar-refractivity contribution in [2.75, 3.05) is 32.7 Å². The molecule has 2 heterocycles. The quantitative estimate of drug-likeness (QED) is 0.825. The second-order valence-electron chi connectivity index (χ2n) is 7.35. The third-order valence-corrected chi connectivity index (χ3v) is 5.92. The highest BCUT2D eigenvalue weighted by Crippen LogP contribution is 2.32. The Morgan fingerprint density at radius 2 is 1.96 bits per heavy atom. The Morgan fingerprint density at radius 3 is 2.65 bits per heavy atom. The Morgan fingerprint density at radius 1 is 1.22 bits per heavy atom. The van der Waals surface area contributed by atoms with Crippen LogP contribution in [0.25, 0.3) is 0 Å². The van der Waals surface area contributed by atoms with Crippen molar-refractivity contribution in [3.63, 3.8) is 0 Å². The van der Waals surface area contributed by atoms with Crippen LogP contribution >= 0.6 is 11.6 Å². The molecule has 23 heavy (non-hydrogen) atoms. The summed E-state index contributed by atoms with van der Waals surface area (Å²) in [7, 11) is 0. The van der Waals surface area contributed by atoms with E-state index in [1.807, 2.05) is 0 Å². The Labute approximate surface area is 146 Å². The molecule has 1 aromatic rings. The van der Waals surface area contributed by atoms with Crippen LogP contribution in [0.3, 0.4) is 0 Å². The molecule has 0 radical (unpaired) electrons. The van der Waals surface area contributed by atoms with E-state index in [0.717, 1.165) is 24.0 Å². The fraction of sp³-hybridized carbons (Fsp3) is 0.700. The Kier molecular flexibility index (Phi) is 6.38. The van der Waals surface area contributed by atoms with Crippen LogP contribution in [0.15, 0.2) is 18.2 Å². The first-order chi connectivity index (χ1) is 11.3. The van der Waals surface area contributed by atoms with Gasteiger partial charge in [0.05, 0.1) is 0 Å². The van der Waals surface area contributed by atoms with Crippen molar-refractivity contribution < 1.29 is 0 Å². The lowest BCUT2D eigenvalue weighted by Gasteiger charge is -2.28. The van der Waals surface area contributed by atoms with E-state index >= 15 is 0 Å². The van der Waals surface area contributed by atoms with E-state index < -0.39 is 0 Å². The summed E-state index contributed by atoms with van der Waals surface area (Å²) in [5.74, 6) is 1.47. The zero-order valence-electron chi connectivity index (χ0n) is 14.5. The molecule has 2 nitrogen and oxygen atoms in total. The van der Waals surface area contributed by atoms with Crippen LogP contribution in [0.4, 0.5) is 0 Å². The molecule has 3 rings (SSSR count). The maximum atomic E-state index is 6.33. The first kappa shape index (κ1) is 17.3. The highest BCUT2D eigenvalue weighted by molar-refractivity contribution is 6.30. The minimum Gasteiger partial charge on any atom is -0.317 e. The second-order valence-corrected chi connectivity index (χ2v) is 7.79. The maximum Gasteiger partial charge on any atom is 0.0408 e. The fourth-order valence-electron chi connectivity index (χ4n) is 4.26. The molecule has 2 aliphatic rings. The van der Waals surface area contributed by atoms with Crippen molar-refractivity contribution in [2.24, 2.45) is 5.92 Å². The van der Waals surface area contributed by atoms with Gasteiger partial charge in [0.15, 0.2) is 0 Å². The van der Waals surface area contributed by atoms with E-state index in [1.54, 1.807) is 5.56 Å². The molecule has 1 N–H and O–H groups in total. The number of benzene rings is 1. The van der Waals surface area contributed by atoms with Gasteiger partial charge in [-0.25, -0.2) is 0 Å². The topological polar surface area (TPSA) is 15.3 Å². The largest absolute Gasteiger partial charge is 0.317 e.